The Bertz CT molecular complexity index is 1280. The van der Waals surface area contributed by atoms with E-state index >= 15 is 0 Å². The number of hydrogen-bond donors (Lipinski definition) is 2. The number of aromatic nitrogens is 2. The lowest BCUT2D eigenvalue weighted by Gasteiger charge is -2.21. The van der Waals surface area contributed by atoms with E-state index in [1.54, 1.807) is 6.07 Å². The van der Waals surface area contributed by atoms with Crippen LogP contribution in [-0.2, 0) is 17.6 Å². The summed E-state index contributed by atoms with van der Waals surface area (Å²) in [5, 5.41) is 11.5. The van der Waals surface area contributed by atoms with Gasteiger partial charge in [-0.15, -0.1) is 0 Å². The number of rotatable bonds is 5. The topological polar surface area (TPSA) is 86.3 Å². The van der Waals surface area contributed by atoms with E-state index in [4.69, 9.17) is 4.98 Å². The molecule has 1 saturated heterocycles. The number of fused-ring (bicyclic) bond motifs is 3. The van der Waals surface area contributed by atoms with E-state index in [0.29, 0.717) is 31.5 Å². The number of benzene rings is 2. The largest absolute Gasteiger partial charge is 0.480 e. The first-order valence-electron chi connectivity index (χ1n) is 10.6. The van der Waals surface area contributed by atoms with Gasteiger partial charge < -0.3 is 15.0 Å². The number of carboxylic acid groups (broad SMARTS) is 1. The van der Waals surface area contributed by atoms with Gasteiger partial charge in [-0.05, 0) is 43.4 Å². The van der Waals surface area contributed by atoms with E-state index in [1.165, 1.54) is 10.5 Å². The van der Waals surface area contributed by atoms with Crippen LogP contribution in [0.5, 0.6) is 0 Å². The molecule has 1 unspecified atom stereocenters. The standard InChI is InChI=1S/C25H23N3O3/c29-24(28-14-6-11-22(28)25(30)31)21-15-18-17-9-4-5-10-19(17)27-23(18)20(26-21)13-12-16-7-2-1-3-8-16/h1-5,7-10,15,22,27H,6,11-14H2,(H,30,31). The number of para-hydroxylation sites is 1. The zero-order chi connectivity index (χ0) is 21.4. The Hall–Kier alpha value is -3.67. The molecule has 156 valence electrons. The number of pyridine rings is 1. The summed E-state index contributed by atoms with van der Waals surface area (Å²) in [6.07, 6.45) is 2.66. The van der Waals surface area contributed by atoms with Crippen molar-refractivity contribution >= 4 is 33.7 Å². The number of aromatic amines is 1. The van der Waals surface area contributed by atoms with Crippen LogP contribution in [0.25, 0.3) is 21.8 Å². The number of carboxylic acids is 1. The molecule has 5 rings (SSSR count). The second-order valence-electron chi connectivity index (χ2n) is 8.03. The number of aliphatic carboxylic acids is 1. The summed E-state index contributed by atoms with van der Waals surface area (Å²) >= 11 is 0. The van der Waals surface area contributed by atoms with Crippen LogP contribution in [0.1, 0.15) is 34.6 Å². The number of carbonyl (C=O) groups is 2. The van der Waals surface area contributed by atoms with Crippen LogP contribution in [0.4, 0.5) is 0 Å². The average molecular weight is 413 g/mol. The molecule has 1 amide bonds. The molecule has 0 bridgehead atoms. The van der Waals surface area contributed by atoms with Crippen molar-refractivity contribution in [1.82, 2.24) is 14.9 Å². The van der Waals surface area contributed by atoms with E-state index in [1.807, 2.05) is 42.5 Å². The van der Waals surface area contributed by atoms with Gasteiger partial charge in [-0.2, -0.15) is 0 Å². The van der Waals surface area contributed by atoms with Gasteiger partial charge in [-0.25, -0.2) is 9.78 Å². The van der Waals surface area contributed by atoms with Crippen LogP contribution in [0, 0.1) is 0 Å². The Morgan fingerprint density at radius 3 is 2.61 bits per heavy atom. The van der Waals surface area contributed by atoms with Gasteiger partial charge in [0.25, 0.3) is 5.91 Å². The number of H-pyrrole nitrogens is 1. The summed E-state index contributed by atoms with van der Waals surface area (Å²) < 4.78 is 0. The summed E-state index contributed by atoms with van der Waals surface area (Å²) in [5.74, 6) is -1.26. The lowest BCUT2D eigenvalue weighted by atomic mass is 10.0. The van der Waals surface area contributed by atoms with Crippen molar-refractivity contribution in [3.63, 3.8) is 0 Å². The zero-order valence-electron chi connectivity index (χ0n) is 17.0. The van der Waals surface area contributed by atoms with Crippen LogP contribution in [-0.4, -0.2) is 44.4 Å². The molecular weight excluding hydrogens is 390 g/mol. The maximum atomic E-state index is 13.3. The third kappa shape index (κ3) is 3.54. The molecule has 1 aliphatic rings. The van der Waals surface area contributed by atoms with Crippen molar-refractivity contribution < 1.29 is 14.7 Å². The van der Waals surface area contributed by atoms with Crippen molar-refractivity contribution in [1.29, 1.82) is 0 Å². The molecule has 3 heterocycles. The minimum absolute atomic E-state index is 0.307. The van der Waals surface area contributed by atoms with Gasteiger partial charge in [0.15, 0.2) is 0 Å². The van der Waals surface area contributed by atoms with Crippen LogP contribution >= 0.6 is 0 Å². The van der Waals surface area contributed by atoms with E-state index in [0.717, 1.165) is 33.9 Å². The van der Waals surface area contributed by atoms with Crippen molar-refractivity contribution in [3.8, 4) is 0 Å². The predicted octanol–water partition coefficient (Wildman–Crippen LogP) is 4.19. The number of carbonyl (C=O) groups excluding carboxylic acids is 1. The average Bonchev–Trinajstić information content (AvgIpc) is 3.43. The summed E-state index contributed by atoms with van der Waals surface area (Å²) in [4.78, 5) is 34.5. The summed E-state index contributed by atoms with van der Waals surface area (Å²) in [6.45, 7) is 0.447. The maximum absolute atomic E-state index is 13.3. The van der Waals surface area contributed by atoms with Crippen molar-refractivity contribution in [2.75, 3.05) is 6.54 Å². The monoisotopic (exact) mass is 413 g/mol. The molecule has 0 saturated carbocycles. The molecule has 1 atom stereocenters. The molecule has 0 spiro atoms. The highest BCUT2D eigenvalue weighted by Gasteiger charge is 2.35. The summed E-state index contributed by atoms with van der Waals surface area (Å²) in [6, 6.07) is 19.2. The van der Waals surface area contributed by atoms with E-state index < -0.39 is 12.0 Å². The van der Waals surface area contributed by atoms with Gasteiger partial charge >= 0.3 is 5.97 Å². The first-order chi connectivity index (χ1) is 15.1. The number of hydrogen-bond acceptors (Lipinski definition) is 3. The molecule has 6 heteroatoms. The fourth-order valence-electron chi connectivity index (χ4n) is 4.52. The highest BCUT2D eigenvalue weighted by Crippen LogP contribution is 2.29. The summed E-state index contributed by atoms with van der Waals surface area (Å²) in [5.41, 5.74) is 4.27. The van der Waals surface area contributed by atoms with Crippen molar-refractivity contribution in [3.05, 3.63) is 77.6 Å². The normalized spacial score (nSPS) is 16.3. The molecule has 2 aromatic heterocycles. The quantitative estimate of drug-likeness (QED) is 0.514. The Labute approximate surface area is 179 Å². The lowest BCUT2D eigenvalue weighted by Crippen LogP contribution is -2.40. The van der Waals surface area contributed by atoms with E-state index in [9.17, 15) is 14.7 Å². The molecule has 4 aromatic rings. The van der Waals surface area contributed by atoms with Gasteiger partial charge in [-0.1, -0.05) is 48.5 Å². The van der Waals surface area contributed by atoms with Gasteiger partial charge in [0.05, 0.1) is 11.2 Å². The minimum Gasteiger partial charge on any atom is -0.480 e. The number of amides is 1. The molecule has 6 nitrogen and oxygen atoms in total. The Morgan fingerprint density at radius 2 is 1.81 bits per heavy atom. The molecule has 2 aromatic carbocycles. The zero-order valence-corrected chi connectivity index (χ0v) is 17.0. The number of aryl methyl sites for hydroxylation is 2. The Balaban J connectivity index is 1.59. The predicted molar refractivity (Wildman–Crippen MR) is 119 cm³/mol. The molecule has 2 N–H and O–H groups in total. The minimum atomic E-state index is -0.955. The SMILES string of the molecule is O=C(O)C1CCCN1C(=O)c1cc2c([nH]c3ccccc32)c(CCc2ccccc2)n1. The molecule has 1 fully saturated rings. The van der Waals surface area contributed by atoms with Crippen LogP contribution < -0.4 is 0 Å². The first-order valence-corrected chi connectivity index (χ1v) is 10.6. The molecule has 0 aliphatic carbocycles. The van der Waals surface area contributed by atoms with Crippen LogP contribution in [0.2, 0.25) is 0 Å². The number of likely N-dealkylation sites (tertiary alicyclic amines) is 1. The maximum Gasteiger partial charge on any atom is 0.326 e. The summed E-state index contributed by atoms with van der Waals surface area (Å²) in [7, 11) is 0. The van der Waals surface area contributed by atoms with E-state index in [2.05, 4.69) is 17.1 Å². The highest BCUT2D eigenvalue weighted by molar-refractivity contribution is 6.10. The molecule has 1 aliphatic heterocycles. The lowest BCUT2D eigenvalue weighted by molar-refractivity contribution is -0.141. The molecular formula is C25H23N3O3. The Kier molecular flexibility index (Phi) is 4.90. The van der Waals surface area contributed by atoms with Gasteiger partial charge in [0, 0.05) is 22.8 Å². The van der Waals surface area contributed by atoms with Gasteiger partial charge in [0.1, 0.15) is 11.7 Å². The molecule has 0 radical (unpaired) electrons. The number of nitrogens with zero attached hydrogens (tertiary/aromatic N) is 2. The first kappa shape index (κ1) is 19.3. The van der Waals surface area contributed by atoms with Gasteiger partial charge in [-0.3, -0.25) is 4.79 Å². The van der Waals surface area contributed by atoms with Gasteiger partial charge in [0.2, 0.25) is 0 Å². The van der Waals surface area contributed by atoms with Crippen LogP contribution in [0.15, 0.2) is 60.7 Å². The fraction of sp³-hybridized carbons (Fsp3) is 0.240. The fourth-order valence-corrected chi connectivity index (χ4v) is 4.52. The number of nitrogens with one attached hydrogen (secondary N) is 1. The van der Waals surface area contributed by atoms with Crippen molar-refractivity contribution in [2.24, 2.45) is 0 Å². The van der Waals surface area contributed by atoms with Crippen LogP contribution in [0.3, 0.4) is 0 Å². The van der Waals surface area contributed by atoms with Crippen molar-refractivity contribution in [2.45, 2.75) is 31.7 Å². The Morgan fingerprint density at radius 1 is 1.03 bits per heavy atom. The highest BCUT2D eigenvalue weighted by atomic mass is 16.4. The smallest absolute Gasteiger partial charge is 0.326 e. The van der Waals surface area contributed by atoms with E-state index in [-0.39, 0.29) is 5.91 Å². The second kappa shape index (κ2) is 7.87. The third-order valence-corrected chi connectivity index (χ3v) is 6.08. The second-order valence-corrected chi connectivity index (χ2v) is 8.03. The third-order valence-electron chi connectivity index (χ3n) is 6.08. The molecule has 31 heavy (non-hydrogen) atoms.